The van der Waals surface area contributed by atoms with Crippen molar-refractivity contribution in [3.05, 3.63) is 48.0 Å². The Morgan fingerprint density at radius 3 is 2.63 bits per heavy atom. The van der Waals surface area contributed by atoms with Crippen molar-refractivity contribution >= 4 is 5.97 Å². The molecule has 0 amide bonds. The first-order valence-corrected chi connectivity index (χ1v) is 5.86. The highest BCUT2D eigenvalue weighted by molar-refractivity contribution is 5.89. The van der Waals surface area contributed by atoms with E-state index in [1.165, 1.54) is 14.2 Å². The van der Waals surface area contributed by atoms with Crippen LogP contribution >= 0.6 is 0 Å². The molecule has 2 rings (SSSR count). The molecule has 0 spiro atoms. The Morgan fingerprint density at radius 1 is 1.32 bits per heavy atom. The van der Waals surface area contributed by atoms with Crippen molar-refractivity contribution in [1.29, 1.82) is 0 Å². The highest BCUT2D eigenvalue weighted by atomic mass is 16.8. The lowest BCUT2D eigenvalue weighted by Gasteiger charge is -2.26. The van der Waals surface area contributed by atoms with E-state index in [4.69, 9.17) is 18.9 Å². The predicted octanol–water partition coefficient (Wildman–Crippen LogP) is 1.74. The second kappa shape index (κ2) is 5.97. The zero-order valence-electron chi connectivity index (χ0n) is 10.9. The van der Waals surface area contributed by atoms with Crippen LogP contribution in [0, 0.1) is 0 Å². The normalized spacial score (nSPS) is 25.5. The Morgan fingerprint density at radius 2 is 2.05 bits per heavy atom. The maximum Gasteiger partial charge on any atom is 0.338 e. The fraction of sp³-hybridized carbons (Fsp3) is 0.357. The summed E-state index contributed by atoms with van der Waals surface area (Å²) in [5.41, 5.74) is 0.485. The molecule has 0 radical (unpaired) electrons. The van der Waals surface area contributed by atoms with Crippen LogP contribution in [0.1, 0.15) is 10.4 Å². The lowest BCUT2D eigenvalue weighted by atomic mass is 10.2. The third kappa shape index (κ3) is 3.20. The average molecular weight is 264 g/mol. The number of carbonyl (C=O) groups is 1. The van der Waals surface area contributed by atoms with Crippen LogP contribution in [0.15, 0.2) is 42.5 Å². The molecular formula is C14H16O5. The molecule has 2 atom stereocenters. The number of esters is 1. The van der Waals surface area contributed by atoms with Crippen LogP contribution in [-0.4, -0.2) is 38.9 Å². The van der Waals surface area contributed by atoms with Crippen LogP contribution < -0.4 is 0 Å². The van der Waals surface area contributed by atoms with Gasteiger partial charge in [-0.2, -0.15) is 0 Å². The SMILES string of the molecule is COC1C=CC(COC(=O)c2ccccc2)(OC)O1. The van der Waals surface area contributed by atoms with Gasteiger partial charge in [-0.05, 0) is 24.3 Å². The fourth-order valence-electron chi connectivity index (χ4n) is 1.71. The first-order valence-electron chi connectivity index (χ1n) is 5.86. The van der Waals surface area contributed by atoms with E-state index in [0.29, 0.717) is 5.56 Å². The predicted molar refractivity (Wildman–Crippen MR) is 67.5 cm³/mol. The smallest absolute Gasteiger partial charge is 0.338 e. The second-order valence-electron chi connectivity index (χ2n) is 4.04. The van der Waals surface area contributed by atoms with Crippen LogP contribution in [0.3, 0.4) is 0 Å². The van der Waals surface area contributed by atoms with Gasteiger partial charge in [-0.25, -0.2) is 4.79 Å². The van der Waals surface area contributed by atoms with E-state index < -0.39 is 18.0 Å². The average Bonchev–Trinajstić information content (AvgIpc) is 2.90. The van der Waals surface area contributed by atoms with Crippen molar-refractivity contribution in [2.75, 3.05) is 20.8 Å². The van der Waals surface area contributed by atoms with Crippen molar-refractivity contribution in [2.45, 2.75) is 12.1 Å². The van der Waals surface area contributed by atoms with Gasteiger partial charge in [0.1, 0.15) is 6.61 Å². The van der Waals surface area contributed by atoms with E-state index in [9.17, 15) is 4.79 Å². The summed E-state index contributed by atoms with van der Waals surface area (Å²) in [6.07, 6.45) is 2.90. The topological polar surface area (TPSA) is 54.0 Å². The summed E-state index contributed by atoms with van der Waals surface area (Å²) in [4.78, 5) is 11.8. The van der Waals surface area contributed by atoms with E-state index in [1.807, 2.05) is 6.07 Å². The van der Waals surface area contributed by atoms with Crippen molar-refractivity contribution in [3.8, 4) is 0 Å². The molecule has 0 N–H and O–H groups in total. The minimum Gasteiger partial charge on any atom is -0.456 e. The summed E-state index contributed by atoms with van der Waals surface area (Å²) < 4.78 is 21.0. The lowest BCUT2D eigenvalue weighted by Crippen LogP contribution is -2.38. The van der Waals surface area contributed by atoms with Crippen molar-refractivity contribution in [1.82, 2.24) is 0 Å². The summed E-state index contributed by atoms with van der Waals surface area (Å²) in [5, 5.41) is 0. The third-order valence-corrected chi connectivity index (χ3v) is 2.81. The van der Waals surface area contributed by atoms with Gasteiger partial charge in [0.05, 0.1) is 5.56 Å². The molecule has 102 valence electrons. The maximum absolute atomic E-state index is 11.8. The molecule has 5 heteroatoms. The molecule has 2 unspecified atom stereocenters. The highest BCUT2D eigenvalue weighted by Crippen LogP contribution is 2.25. The number of ether oxygens (including phenoxy) is 4. The molecule has 19 heavy (non-hydrogen) atoms. The van der Waals surface area contributed by atoms with E-state index in [0.717, 1.165) is 0 Å². The Kier molecular flexibility index (Phi) is 4.31. The zero-order chi connectivity index (χ0) is 13.7. The molecule has 5 nitrogen and oxygen atoms in total. The molecule has 0 saturated carbocycles. The number of rotatable bonds is 5. The van der Waals surface area contributed by atoms with Crippen LogP contribution in [0.25, 0.3) is 0 Å². The van der Waals surface area contributed by atoms with Crippen LogP contribution in [-0.2, 0) is 18.9 Å². The monoisotopic (exact) mass is 264 g/mol. The van der Waals surface area contributed by atoms with Gasteiger partial charge >= 0.3 is 5.97 Å². The van der Waals surface area contributed by atoms with Gasteiger partial charge in [-0.3, -0.25) is 0 Å². The molecule has 1 aliphatic heterocycles. The van der Waals surface area contributed by atoms with E-state index in [2.05, 4.69) is 0 Å². The Hall–Kier alpha value is -1.69. The van der Waals surface area contributed by atoms with Gasteiger partial charge in [-0.15, -0.1) is 0 Å². The minimum atomic E-state index is -1.08. The molecule has 0 aliphatic carbocycles. The summed E-state index contributed by atoms with van der Waals surface area (Å²) in [6.45, 7) is -0.0341. The second-order valence-corrected chi connectivity index (χ2v) is 4.04. The highest BCUT2D eigenvalue weighted by Gasteiger charge is 2.37. The number of carbonyl (C=O) groups excluding carboxylic acids is 1. The summed E-state index contributed by atoms with van der Waals surface area (Å²) in [5.74, 6) is -1.50. The molecule has 1 heterocycles. The van der Waals surface area contributed by atoms with Gasteiger partial charge in [0.2, 0.25) is 5.79 Å². The first kappa shape index (κ1) is 13.7. The number of hydrogen-bond acceptors (Lipinski definition) is 5. The van der Waals surface area contributed by atoms with E-state index in [1.54, 1.807) is 36.4 Å². The summed E-state index contributed by atoms with van der Waals surface area (Å²) in [7, 11) is 3.01. The largest absolute Gasteiger partial charge is 0.456 e. The molecule has 0 bridgehead atoms. The number of hydrogen-bond donors (Lipinski definition) is 0. The molecule has 0 aromatic heterocycles. The quantitative estimate of drug-likeness (QED) is 0.599. The third-order valence-electron chi connectivity index (χ3n) is 2.81. The van der Waals surface area contributed by atoms with Crippen LogP contribution in [0.4, 0.5) is 0 Å². The van der Waals surface area contributed by atoms with Crippen molar-refractivity contribution in [3.63, 3.8) is 0 Å². The van der Waals surface area contributed by atoms with E-state index >= 15 is 0 Å². The molecule has 0 saturated heterocycles. The first-order chi connectivity index (χ1) is 9.19. The minimum absolute atomic E-state index is 0.0341. The van der Waals surface area contributed by atoms with Gasteiger partial charge < -0.3 is 18.9 Å². The fourth-order valence-corrected chi connectivity index (χ4v) is 1.71. The molecule has 1 aromatic rings. The van der Waals surface area contributed by atoms with Crippen LogP contribution in [0.2, 0.25) is 0 Å². The van der Waals surface area contributed by atoms with Gasteiger partial charge in [0.25, 0.3) is 0 Å². The molecule has 1 aliphatic rings. The Bertz CT molecular complexity index is 456. The van der Waals surface area contributed by atoms with Gasteiger partial charge in [0, 0.05) is 14.2 Å². The Balaban J connectivity index is 1.95. The van der Waals surface area contributed by atoms with Gasteiger partial charge in [-0.1, -0.05) is 18.2 Å². The van der Waals surface area contributed by atoms with Crippen LogP contribution in [0.5, 0.6) is 0 Å². The number of benzene rings is 1. The van der Waals surface area contributed by atoms with E-state index in [-0.39, 0.29) is 6.61 Å². The van der Waals surface area contributed by atoms with Gasteiger partial charge in [0.15, 0.2) is 6.29 Å². The number of methoxy groups -OCH3 is 2. The standard InChI is InChI=1S/C14H16O5/c1-16-12-8-9-14(17-2,19-12)10-18-13(15)11-6-4-3-5-7-11/h3-9,12H,10H2,1-2H3. The van der Waals surface area contributed by atoms with Crippen molar-refractivity contribution in [2.24, 2.45) is 0 Å². The molecule has 1 aromatic carbocycles. The lowest BCUT2D eigenvalue weighted by molar-refractivity contribution is -0.255. The van der Waals surface area contributed by atoms with Crippen molar-refractivity contribution < 1.29 is 23.7 Å². The summed E-state index contributed by atoms with van der Waals surface area (Å²) >= 11 is 0. The Labute approximate surface area is 111 Å². The maximum atomic E-state index is 11.8. The molecular weight excluding hydrogens is 248 g/mol. The zero-order valence-corrected chi connectivity index (χ0v) is 10.9. The summed E-state index contributed by atoms with van der Waals surface area (Å²) in [6, 6.07) is 8.75. The molecule has 0 fully saturated rings.